The van der Waals surface area contributed by atoms with Crippen LogP contribution in [0, 0.1) is 0 Å². The Morgan fingerprint density at radius 1 is 0.846 bits per heavy atom. The Labute approximate surface area is 166 Å². The number of rotatable bonds is 5. The minimum absolute atomic E-state index is 0.265. The lowest BCUT2D eigenvalue weighted by molar-refractivity contribution is 0.102. The first-order valence-corrected chi connectivity index (χ1v) is 8.88. The quantitative estimate of drug-likeness (QED) is 0.526. The molecule has 6 heteroatoms. The predicted octanol–water partition coefficient (Wildman–Crippen LogP) is 6.48. The molecule has 0 saturated carbocycles. The average molecular weight is 407 g/mol. The van der Waals surface area contributed by atoms with Crippen LogP contribution in [0.2, 0.25) is 15.1 Å². The number of ether oxygens (including phenoxy) is 1. The highest BCUT2D eigenvalue weighted by atomic mass is 35.5. The summed E-state index contributed by atoms with van der Waals surface area (Å²) in [6.45, 7) is 0.437. The first kappa shape index (κ1) is 18.6. The van der Waals surface area contributed by atoms with Crippen LogP contribution in [-0.2, 0) is 6.61 Å². The van der Waals surface area contributed by atoms with Gasteiger partial charge in [-0.05, 0) is 60.2 Å². The molecule has 3 aromatic carbocycles. The summed E-state index contributed by atoms with van der Waals surface area (Å²) in [5, 5.41) is 4.24. The summed E-state index contributed by atoms with van der Waals surface area (Å²) >= 11 is 17.7. The van der Waals surface area contributed by atoms with E-state index in [4.69, 9.17) is 39.5 Å². The molecule has 0 bridgehead atoms. The van der Waals surface area contributed by atoms with Gasteiger partial charge in [-0.3, -0.25) is 4.79 Å². The van der Waals surface area contributed by atoms with Gasteiger partial charge in [0.1, 0.15) is 12.4 Å². The molecule has 132 valence electrons. The highest BCUT2D eigenvalue weighted by Crippen LogP contribution is 2.23. The van der Waals surface area contributed by atoms with E-state index in [2.05, 4.69) is 5.32 Å². The molecule has 0 aromatic heterocycles. The fraction of sp³-hybridized carbons (Fsp3) is 0.0500. The number of amides is 1. The summed E-state index contributed by atoms with van der Waals surface area (Å²) in [4.78, 5) is 12.2. The Morgan fingerprint density at radius 2 is 1.54 bits per heavy atom. The van der Waals surface area contributed by atoms with Crippen LogP contribution in [0.25, 0.3) is 0 Å². The molecule has 0 heterocycles. The zero-order chi connectivity index (χ0) is 18.5. The van der Waals surface area contributed by atoms with Gasteiger partial charge in [0, 0.05) is 16.3 Å². The number of carbonyl (C=O) groups is 1. The van der Waals surface area contributed by atoms with Gasteiger partial charge in [0.05, 0.1) is 10.0 Å². The van der Waals surface area contributed by atoms with Crippen molar-refractivity contribution in [3.05, 3.63) is 92.9 Å². The molecular formula is C20H14Cl3NO2. The van der Waals surface area contributed by atoms with Crippen LogP contribution >= 0.6 is 34.8 Å². The molecule has 0 radical (unpaired) electrons. The van der Waals surface area contributed by atoms with Crippen LogP contribution < -0.4 is 10.1 Å². The fourth-order valence-electron chi connectivity index (χ4n) is 2.22. The van der Waals surface area contributed by atoms with Gasteiger partial charge in [0.15, 0.2) is 0 Å². The Balaban J connectivity index is 1.59. The molecule has 0 saturated heterocycles. The molecule has 3 rings (SSSR count). The maximum atomic E-state index is 12.2. The molecule has 0 fully saturated rings. The Kier molecular flexibility index (Phi) is 6.04. The third kappa shape index (κ3) is 4.92. The molecule has 0 spiro atoms. The molecule has 0 aliphatic rings. The monoisotopic (exact) mass is 405 g/mol. The molecule has 3 nitrogen and oxygen atoms in total. The van der Waals surface area contributed by atoms with Crippen LogP contribution in [0.5, 0.6) is 5.75 Å². The van der Waals surface area contributed by atoms with Gasteiger partial charge in [-0.1, -0.05) is 46.9 Å². The van der Waals surface area contributed by atoms with Gasteiger partial charge >= 0.3 is 0 Å². The van der Waals surface area contributed by atoms with Crippen molar-refractivity contribution in [2.45, 2.75) is 6.61 Å². The number of nitrogens with one attached hydrogen (secondary N) is 1. The second kappa shape index (κ2) is 8.45. The van der Waals surface area contributed by atoms with E-state index in [0.29, 0.717) is 38.7 Å². The average Bonchev–Trinajstić information content (AvgIpc) is 2.64. The molecule has 0 unspecified atom stereocenters. The van der Waals surface area contributed by atoms with E-state index in [1.165, 1.54) is 6.07 Å². The maximum Gasteiger partial charge on any atom is 0.255 e. The predicted molar refractivity (Wildman–Crippen MR) is 107 cm³/mol. The summed E-state index contributed by atoms with van der Waals surface area (Å²) < 4.78 is 5.72. The summed E-state index contributed by atoms with van der Waals surface area (Å²) in [5.74, 6) is 0.436. The zero-order valence-electron chi connectivity index (χ0n) is 13.5. The number of hydrogen-bond donors (Lipinski definition) is 1. The van der Waals surface area contributed by atoms with Crippen LogP contribution in [0.1, 0.15) is 15.9 Å². The van der Waals surface area contributed by atoms with E-state index >= 15 is 0 Å². The Bertz CT molecular complexity index is 909. The number of benzene rings is 3. The van der Waals surface area contributed by atoms with E-state index in [1.54, 1.807) is 36.4 Å². The number of halogens is 3. The lowest BCUT2D eigenvalue weighted by Gasteiger charge is -2.09. The molecule has 0 aliphatic carbocycles. The molecule has 3 aromatic rings. The van der Waals surface area contributed by atoms with Gasteiger partial charge < -0.3 is 10.1 Å². The molecule has 1 amide bonds. The van der Waals surface area contributed by atoms with Gasteiger partial charge in [-0.2, -0.15) is 0 Å². The third-order valence-corrected chi connectivity index (χ3v) is 4.60. The first-order chi connectivity index (χ1) is 12.5. The Morgan fingerprint density at radius 3 is 2.19 bits per heavy atom. The van der Waals surface area contributed by atoms with Gasteiger partial charge in [0.25, 0.3) is 5.91 Å². The largest absolute Gasteiger partial charge is 0.489 e. The summed E-state index contributed by atoms with van der Waals surface area (Å²) in [6, 6.07) is 19.3. The normalized spacial score (nSPS) is 10.4. The lowest BCUT2D eigenvalue weighted by Crippen LogP contribution is -2.11. The summed E-state index contributed by atoms with van der Waals surface area (Å²) in [5.41, 5.74) is 2.11. The van der Waals surface area contributed by atoms with E-state index < -0.39 is 0 Å². The topological polar surface area (TPSA) is 38.3 Å². The number of carbonyl (C=O) groups excluding carboxylic acids is 1. The minimum Gasteiger partial charge on any atom is -0.489 e. The fourth-order valence-corrected chi connectivity index (χ4v) is 2.65. The van der Waals surface area contributed by atoms with Crippen molar-refractivity contribution < 1.29 is 9.53 Å². The zero-order valence-corrected chi connectivity index (χ0v) is 15.8. The standard InChI is InChI=1S/C20H14Cl3NO2/c21-15-4-1-13(2-5-15)12-26-17-8-6-16(7-9-17)24-20(25)14-3-10-18(22)19(23)11-14/h1-11H,12H2,(H,24,25). The Hall–Kier alpha value is -2.20. The van der Waals surface area contributed by atoms with Crippen LogP contribution in [0.4, 0.5) is 5.69 Å². The van der Waals surface area contributed by atoms with Crippen LogP contribution in [0.15, 0.2) is 66.7 Å². The maximum absolute atomic E-state index is 12.2. The smallest absolute Gasteiger partial charge is 0.255 e. The van der Waals surface area contributed by atoms with Crippen LogP contribution in [0.3, 0.4) is 0 Å². The minimum atomic E-state index is -0.265. The highest BCUT2D eigenvalue weighted by Gasteiger charge is 2.08. The van der Waals surface area contributed by atoms with Crippen molar-refractivity contribution in [1.29, 1.82) is 0 Å². The van der Waals surface area contributed by atoms with Gasteiger partial charge in [-0.15, -0.1) is 0 Å². The van der Waals surface area contributed by atoms with Crippen LogP contribution in [-0.4, -0.2) is 5.91 Å². The highest BCUT2D eigenvalue weighted by molar-refractivity contribution is 6.42. The van der Waals surface area contributed by atoms with E-state index in [9.17, 15) is 4.79 Å². The molecule has 26 heavy (non-hydrogen) atoms. The molecule has 1 N–H and O–H groups in total. The van der Waals surface area contributed by atoms with E-state index in [1.807, 2.05) is 24.3 Å². The van der Waals surface area contributed by atoms with Crippen molar-refractivity contribution in [1.82, 2.24) is 0 Å². The summed E-state index contributed by atoms with van der Waals surface area (Å²) in [6.07, 6.45) is 0. The van der Waals surface area contributed by atoms with Gasteiger partial charge in [0.2, 0.25) is 0 Å². The van der Waals surface area contributed by atoms with Crippen molar-refractivity contribution >= 4 is 46.4 Å². The van der Waals surface area contributed by atoms with Gasteiger partial charge in [-0.25, -0.2) is 0 Å². The molecule has 0 aliphatic heterocycles. The van der Waals surface area contributed by atoms with Crippen molar-refractivity contribution in [2.75, 3.05) is 5.32 Å². The SMILES string of the molecule is O=C(Nc1ccc(OCc2ccc(Cl)cc2)cc1)c1ccc(Cl)c(Cl)c1. The second-order valence-corrected chi connectivity index (χ2v) is 6.77. The van der Waals surface area contributed by atoms with E-state index in [0.717, 1.165) is 5.56 Å². The second-order valence-electron chi connectivity index (χ2n) is 5.52. The molecule has 0 atom stereocenters. The lowest BCUT2D eigenvalue weighted by atomic mass is 10.2. The van der Waals surface area contributed by atoms with Crippen molar-refractivity contribution in [3.63, 3.8) is 0 Å². The first-order valence-electron chi connectivity index (χ1n) is 7.75. The number of hydrogen-bond acceptors (Lipinski definition) is 2. The third-order valence-electron chi connectivity index (χ3n) is 3.61. The molecular weight excluding hydrogens is 393 g/mol. The number of anilines is 1. The van der Waals surface area contributed by atoms with E-state index in [-0.39, 0.29) is 5.91 Å². The van der Waals surface area contributed by atoms with Crippen molar-refractivity contribution in [3.8, 4) is 5.75 Å². The summed E-state index contributed by atoms with van der Waals surface area (Å²) in [7, 11) is 0. The van der Waals surface area contributed by atoms with Crippen molar-refractivity contribution in [2.24, 2.45) is 0 Å².